The lowest BCUT2D eigenvalue weighted by Crippen LogP contribution is -1.91. The summed E-state index contributed by atoms with van der Waals surface area (Å²) in [7, 11) is 0. The minimum Gasteiger partial charge on any atom is -0.265 e. The topological polar surface area (TPSA) is 73.3 Å². The lowest BCUT2D eigenvalue weighted by Gasteiger charge is -1.99. The van der Waals surface area contributed by atoms with Gasteiger partial charge in [0.05, 0.1) is 15.1 Å². The van der Waals surface area contributed by atoms with E-state index in [1.807, 2.05) is 28.7 Å². The molecular weight excluding hydrogens is 288 g/mol. The molecule has 0 radical (unpaired) electrons. The predicted molar refractivity (Wildman–Crippen MR) is 80.5 cm³/mol. The average molecular weight is 296 g/mol. The first-order valence-corrected chi connectivity index (χ1v) is 7.03. The summed E-state index contributed by atoms with van der Waals surface area (Å²) in [4.78, 5) is 11.3. The van der Waals surface area contributed by atoms with Crippen molar-refractivity contribution >= 4 is 32.2 Å². The maximum absolute atomic E-state index is 10.9. The molecule has 2 aromatic heterocycles. The van der Waals surface area contributed by atoms with Gasteiger partial charge in [0.1, 0.15) is 0 Å². The molecule has 2 aromatic carbocycles. The lowest BCUT2D eigenvalue weighted by atomic mass is 10.2. The predicted octanol–water partition coefficient (Wildman–Crippen LogP) is 3.52. The van der Waals surface area contributed by atoms with Crippen molar-refractivity contribution in [3.63, 3.8) is 0 Å². The van der Waals surface area contributed by atoms with Crippen molar-refractivity contribution in [1.29, 1.82) is 0 Å². The molecule has 0 saturated heterocycles. The van der Waals surface area contributed by atoms with Crippen molar-refractivity contribution in [1.82, 2.24) is 14.6 Å². The Labute approximate surface area is 122 Å². The minimum absolute atomic E-state index is 0.0452. The van der Waals surface area contributed by atoms with Crippen LogP contribution in [0.2, 0.25) is 0 Å². The maximum atomic E-state index is 10.9. The van der Waals surface area contributed by atoms with Crippen molar-refractivity contribution in [2.24, 2.45) is 0 Å². The molecule has 0 aliphatic heterocycles. The molecule has 0 saturated carbocycles. The largest absolute Gasteiger partial charge is 0.270 e. The summed E-state index contributed by atoms with van der Waals surface area (Å²) in [6.07, 6.45) is 0. The van der Waals surface area contributed by atoms with Gasteiger partial charge in [-0.3, -0.25) is 14.5 Å². The van der Waals surface area contributed by atoms with Crippen LogP contribution in [0.15, 0.2) is 48.5 Å². The van der Waals surface area contributed by atoms with Crippen molar-refractivity contribution in [3.8, 4) is 11.4 Å². The van der Waals surface area contributed by atoms with Gasteiger partial charge in [-0.15, -0.1) is 10.2 Å². The van der Waals surface area contributed by atoms with Gasteiger partial charge in [0.2, 0.25) is 4.96 Å². The number of nitrogens with zero attached hydrogens (tertiary/aromatic N) is 4. The molecule has 0 atom stereocenters. The molecule has 7 heteroatoms. The Bertz CT molecular complexity index is 989. The van der Waals surface area contributed by atoms with Gasteiger partial charge in [-0.25, -0.2) is 0 Å². The first-order chi connectivity index (χ1) is 10.2. The van der Waals surface area contributed by atoms with E-state index >= 15 is 0 Å². The van der Waals surface area contributed by atoms with Crippen molar-refractivity contribution in [3.05, 3.63) is 58.6 Å². The molecule has 0 fully saturated rings. The Morgan fingerprint density at radius 2 is 1.95 bits per heavy atom. The molecule has 0 N–H and O–H groups in total. The van der Waals surface area contributed by atoms with Gasteiger partial charge in [-0.2, -0.15) is 0 Å². The SMILES string of the molecule is O=[N+]([O-])c1cccc(-c2nnc3sc4ccccc4n23)c1. The van der Waals surface area contributed by atoms with Gasteiger partial charge in [0, 0.05) is 17.7 Å². The fraction of sp³-hybridized carbons (Fsp3) is 0. The van der Waals surface area contributed by atoms with Gasteiger partial charge in [-0.05, 0) is 12.1 Å². The molecule has 0 aliphatic rings. The quantitative estimate of drug-likeness (QED) is 0.419. The number of hydrogen-bond donors (Lipinski definition) is 0. The van der Waals surface area contributed by atoms with Crippen molar-refractivity contribution in [2.75, 3.05) is 0 Å². The Hall–Kier alpha value is -2.80. The molecule has 0 aliphatic carbocycles. The number of thiazole rings is 1. The maximum Gasteiger partial charge on any atom is 0.270 e. The zero-order chi connectivity index (χ0) is 14.4. The van der Waals surface area contributed by atoms with Crippen LogP contribution in [-0.2, 0) is 0 Å². The number of benzene rings is 2. The summed E-state index contributed by atoms with van der Waals surface area (Å²) in [5.74, 6) is 0.617. The van der Waals surface area contributed by atoms with Crippen molar-refractivity contribution in [2.45, 2.75) is 0 Å². The zero-order valence-electron chi connectivity index (χ0n) is 10.6. The van der Waals surface area contributed by atoms with E-state index < -0.39 is 4.92 Å². The second-order valence-electron chi connectivity index (χ2n) is 4.52. The number of nitro groups is 1. The van der Waals surface area contributed by atoms with Gasteiger partial charge in [0.15, 0.2) is 5.82 Å². The first-order valence-electron chi connectivity index (χ1n) is 6.21. The smallest absolute Gasteiger partial charge is 0.265 e. The number of aromatic nitrogens is 3. The van der Waals surface area contributed by atoms with E-state index in [0.29, 0.717) is 11.4 Å². The van der Waals surface area contributed by atoms with Crippen LogP contribution in [0.5, 0.6) is 0 Å². The lowest BCUT2D eigenvalue weighted by molar-refractivity contribution is -0.384. The normalized spacial score (nSPS) is 11.2. The third kappa shape index (κ3) is 1.78. The molecule has 0 amide bonds. The Morgan fingerprint density at radius 1 is 1.10 bits per heavy atom. The molecule has 6 nitrogen and oxygen atoms in total. The Balaban J connectivity index is 2.02. The second-order valence-corrected chi connectivity index (χ2v) is 5.53. The standard InChI is InChI=1S/C14H8N4O2S/c19-18(20)10-5-3-4-9(8-10)13-15-16-14-17(13)11-6-1-2-7-12(11)21-14/h1-8H. The number of para-hydroxylation sites is 1. The number of rotatable bonds is 2. The highest BCUT2D eigenvalue weighted by Gasteiger charge is 2.15. The van der Waals surface area contributed by atoms with Crippen LogP contribution in [-0.4, -0.2) is 19.5 Å². The molecule has 4 aromatic rings. The zero-order valence-corrected chi connectivity index (χ0v) is 11.4. The summed E-state index contributed by atoms with van der Waals surface area (Å²) in [5, 5.41) is 19.3. The molecule has 21 heavy (non-hydrogen) atoms. The molecule has 0 bridgehead atoms. The van der Waals surface area contributed by atoms with E-state index in [9.17, 15) is 10.1 Å². The number of nitro benzene ring substituents is 1. The van der Waals surface area contributed by atoms with E-state index in [1.54, 1.807) is 23.5 Å². The highest BCUT2D eigenvalue weighted by molar-refractivity contribution is 7.23. The van der Waals surface area contributed by atoms with E-state index in [1.165, 1.54) is 12.1 Å². The fourth-order valence-corrected chi connectivity index (χ4v) is 3.29. The third-order valence-corrected chi connectivity index (χ3v) is 4.27. The summed E-state index contributed by atoms with van der Waals surface area (Å²) in [6, 6.07) is 14.4. The number of non-ortho nitro benzene ring substituents is 1. The fourth-order valence-electron chi connectivity index (χ4n) is 2.33. The van der Waals surface area contributed by atoms with Gasteiger partial charge >= 0.3 is 0 Å². The molecule has 102 valence electrons. The van der Waals surface area contributed by atoms with Gasteiger partial charge < -0.3 is 0 Å². The number of hydrogen-bond acceptors (Lipinski definition) is 5. The van der Waals surface area contributed by atoms with Gasteiger partial charge in [-0.1, -0.05) is 35.6 Å². The molecule has 0 unspecified atom stereocenters. The van der Waals surface area contributed by atoms with Crippen LogP contribution in [0.4, 0.5) is 5.69 Å². The molecule has 2 heterocycles. The summed E-state index contributed by atoms with van der Waals surface area (Å²) in [5.41, 5.74) is 1.73. The molecule has 0 spiro atoms. The van der Waals surface area contributed by atoms with Crippen LogP contribution in [0.1, 0.15) is 0 Å². The summed E-state index contributed by atoms with van der Waals surface area (Å²) in [6.45, 7) is 0. The van der Waals surface area contributed by atoms with Crippen molar-refractivity contribution < 1.29 is 4.92 Å². The molecule has 4 rings (SSSR count). The highest BCUT2D eigenvalue weighted by Crippen LogP contribution is 2.30. The van der Waals surface area contributed by atoms with E-state index in [-0.39, 0.29) is 5.69 Å². The first kappa shape index (κ1) is 12.0. The highest BCUT2D eigenvalue weighted by atomic mass is 32.1. The Morgan fingerprint density at radius 3 is 2.81 bits per heavy atom. The molecular formula is C14H8N4O2S. The van der Waals surface area contributed by atoms with Crippen LogP contribution in [0.25, 0.3) is 26.6 Å². The second kappa shape index (κ2) is 4.35. The number of fused-ring (bicyclic) bond motifs is 3. The summed E-state index contributed by atoms with van der Waals surface area (Å²) >= 11 is 1.54. The third-order valence-electron chi connectivity index (χ3n) is 3.26. The van der Waals surface area contributed by atoms with Gasteiger partial charge in [0.25, 0.3) is 5.69 Å². The average Bonchev–Trinajstić information content (AvgIpc) is 3.06. The van der Waals surface area contributed by atoms with Crippen LogP contribution < -0.4 is 0 Å². The monoisotopic (exact) mass is 296 g/mol. The van der Waals surface area contributed by atoms with Crippen LogP contribution >= 0.6 is 11.3 Å². The van der Waals surface area contributed by atoms with E-state index in [0.717, 1.165) is 15.2 Å². The summed E-state index contributed by atoms with van der Waals surface area (Å²) < 4.78 is 3.04. The Kier molecular flexibility index (Phi) is 2.48. The van der Waals surface area contributed by atoms with Crippen LogP contribution in [0, 0.1) is 10.1 Å². The van der Waals surface area contributed by atoms with Crippen LogP contribution in [0.3, 0.4) is 0 Å². The minimum atomic E-state index is -0.409. The van der Waals surface area contributed by atoms with E-state index in [4.69, 9.17) is 0 Å². The van der Waals surface area contributed by atoms with E-state index in [2.05, 4.69) is 10.2 Å².